The van der Waals surface area contributed by atoms with Crippen molar-refractivity contribution in [1.29, 1.82) is 0 Å². The van der Waals surface area contributed by atoms with Crippen molar-refractivity contribution in [2.45, 2.75) is 37.2 Å². The predicted molar refractivity (Wildman–Crippen MR) is 101 cm³/mol. The monoisotopic (exact) mass is 326 g/mol. The molecule has 3 aromatic rings. The minimum Gasteiger partial charge on any atom is -0.376 e. The van der Waals surface area contributed by atoms with Gasteiger partial charge in [0.05, 0.1) is 0 Å². The first kappa shape index (κ1) is 14.9. The molecule has 0 spiro atoms. The van der Waals surface area contributed by atoms with E-state index in [1.54, 1.807) is 0 Å². The normalized spacial score (nSPS) is 25.2. The minimum absolute atomic E-state index is 0.149. The van der Waals surface area contributed by atoms with Gasteiger partial charge in [0.2, 0.25) is 0 Å². The molecule has 1 heteroatoms. The second-order valence-electron chi connectivity index (χ2n) is 7.36. The molecule has 6 rings (SSSR count). The molecule has 1 N–H and O–H groups in total. The van der Waals surface area contributed by atoms with Crippen LogP contribution in [0.1, 0.15) is 59.6 Å². The summed E-state index contributed by atoms with van der Waals surface area (Å²) in [5.74, 6) is 0. The number of unbranched alkanes of at least 4 members (excludes halogenated alkanes) is 1. The largest absolute Gasteiger partial charge is 0.376 e. The highest BCUT2D eigenvalue weighted by Gasteiger charge is 2.57. The van der Waals surface area contributed by atoms with Gasteiger partial charge in [0.1, 0.15) is 5.60 Å². The molecule has 0 fully saturated rings. The van der Waals surface area contributed by atoms with Crippen LogP contribution in [0.3, 0.4) is 0 Å². The number of hydrogen-bond donors (Lipinski definition) is 1. The fourth-order valence-electron chi connectivity index (χ4n) is 5.23. The molecule has 1 nitrogen and oxygen atoms in total. The average molecular weight is 326 g/mol. The van der Waals surface area contributed by atoms with Crippen molar-refractivity contribution < 1.29 is 5.11 Å². The maximum atomic E-state index is 12.0. The number of hydrogen-bond acceptors (Lipinski definition) is 1. The van der Waals surface area contributed by atoms with Crippen LogP contribution in [0, 0.1) is 0 Å². The molecule has 0 saturated carbocycles. The number of rotatable bonds is 3. The third kappa shape index (κ3) is 1.62. The molecule has 0 radical (unpaired) electrons. The maximum Gasteiger partial charge on any atom is 0.141 e. The van der Waals surface area contributed by atoms with Crippen molar-refractivity contribution in [3.05, 3.63) is 106 Å². The van der Waals surface area contributed by atoms with Gasteiger partial charge in [-0.15, -0.1) is 0 Å². The Morgan fingerprint density at radius 3 is 1.36 bits per heavy atom. The second kappa shape index (κ2) is 5.06. The maximum absolute atomic E-state index is 12.0. The molecule has 0 aromatic heterocycles. The highest BCUT2D eigenvalue weighted by molar-refractivity contribution is 5.73. The summed E-state index contributed by atoms with van der Waals surface area (Å²) >= 11 is 0. The van der Waals surface area contributed by atoms with Crippen LogP contribution in [-0.4, -0.2) is 5.11 Å². The van der Waals surface area contributed by atoms with Gasteiger partial charge in [-0.2, -0.15) is 0 Å². The molecule has 2 bridgehead atoms. The van der Waals surface area contributed by atoms with Crippen LogP contribution in [0.25, 0.3) is 0 Å². The Hall–Kier alpha value is -2.38. The van der Waals surface area contributed by atoms with Crippen LogP contribution in [-0.2, 0) is 11.0 Å². The standard InChI is InChI=1S/C24H22O/c1-2-3-16-23-17-10-4-7-13-20(17)24(25,21-14-8-5-11-18(21)23)22-15-9-6-12-19(22)23/h4-15,25H,2-3,16H2,1H3. The van der Waals surface area contributed by atoms with Gasteiger partial charge in [0.15, 0.2) is 0 Å². The van der Waals surface area contributed by atoms with E-state index in [1.807, 2.05) is 0 Å². The van der Waals surface area contributed by atoms with Gasteiger partial charge in [0, 0.05) is 5.41 Å². The zero-order valence-corrected chi connectivity index (χ0v) is 14.5. The first-order chi connectivity index (χ1) is 12.2. The number of benzene rings is 3. The minimum atomic E-state index is -1.04. The lowest BCUT2D eigenvalue weighted by molar-refractivity contribution is 0.105. The van der Waals surface area contributed by atoms with E-state index < -0.39 is 5.60 Å². The lowest BCUT2D eigenvalue weighted by Crippen LogP contribution is -2.50. The van der Waals surface area contributed by atoms with Gasteiger partial charge < -0.3 is 5.11 Å². The Balaban J connectivity index is 1.97. The highest BCUT2D eigenvalue weighted by atomic mass is 16.3. The molecule has 0 heterocycles. The van der Waals surface area contributed by atoms with Crippen molar-refractivity contribution >= 4 is 0 Å². The summed E-state index contributed by atoms with van der Waals surface area (Å²) in [7, 11) is 0. The molecule has 0 amide bonds. The first-order valence-corrected chi connectivity index (χ1v) is 9.27. The Labute approximate surface area is 149 Å². The fraction of sp³-hybridized carbons (Fsp3) is 0.250. The molecule has 3 aliphatic carbocycles. The summed E-state index contributed by atoms with van der Waals surface area (Å²) in [4.78, 5) is 0. The molecule has 124 valence electrons. The molecule has 25 heavy (non-hydrogen) atoms. The molecule has 0 unspecified atom stereocenters. The van der Waals surface area contributed by atoms with Crippen molar-refractivity contribution in [3.8, 4) is 0 Å². The summed E-state index contributed by atoms with van der Waals surface area (Å²) in [6.07, 6.45) is 3.40. The van der Waals surface area contributed by atoms with E-state index in [0.29, 0.717) is 0 Å². The summed E-state index contributed by atoms with van der Waals surface area (Å²) in [6, 6.07) is 25.5. The van der Waals surface area contributed by atoms with E-state index in [1.165, 1.54) is 23.1 Å². The van der Waals surface area contributed by atoms with E-state index in [2.05, 4.69) is 79.7 Å². The van der Waals surface area contributed by atoms with Crippen LogP contribution in [0.2, 0.25) is 0 Å². The van der Waals surface area contributed by atoms with E-state index in [9.17, 15) is 5.11 Å². The Bertz CT molecular complexity index is 851. The predicted octanol–water partition coefficient (Wildman–Crippen LogP) is 5.12. The van der Waals surface area contributed by atoms with Crippen molar-refractivity contribution in [3.63, 3.8) is 0 Å². The summed E-state index contributed by atoms with van der Waals surface area (Å²) < 4.78 is 0. The third-order valence-electron chi connectivity index (χ3n) is 6.24. The second-order valence-corrected chi connectivity index (χ2v) is 7.36. The van der Waals surface area contributed by atoms with Crippen molar-refractivity contribution in [1.82, 2.24) is 0 Å². The molecule has 0 atom stereocenters. The highest BCUT2D eigenvalue weighted by Crippen LogP contribution is 2.62. The van der Waals surface area contributed by atoms with Crippen LogP contribution in [0.5, 0.6) is 0 Å². The van der Waals surface area contributed by atoms with Gasteiger partial charge in [-0.05, 0) is 39.8 Å². The molecule has 0 aliphatic heterocycles. The van der Waals surface area contributed by atoms with E-state index in [0.717, 1.165) is 29.5 Å². The Kier molecular flexibility index (Phi) is 3.02. The fourth-order valence-corrected chi connectivity index (χ4v) is 5.23. The summed E-state index contributed by atoms with van der Waals surface area (Å²) in [5.41, 5.74) is 5.83. The SMILES string of the molecule is CCCCC12c3ccccc3C(O)(c3ccccc31)c1ccccc12. The summed E-state index contributed by atoms with van der Waals surface area (Å²) in [6.45, 7) is 2.25. The van der Waals surface area contributed by atoms with Gasteiger partial charge in [0.25, 0.3) is 0 Å². The zero-order chi connectivity index (χ0) is 17.1. The van der Waals surface area contributed by atoms with Gasteiger partial charge in [-0.1, -0.05) is 92.6 Å². The van der Waals surface area contributed by atoms with E-state index in [-0.39, 0.29) is 5.41 Å². The van der Waals surface area contributed by atoms with Crippen molar-refractivity contribution in [2.24, 2.45) is 0 Å². The Morgan fingerprint density at radius 1 is 0.640 bits per heavy atom. The molecular weight excluding hydrogens is 304 g/mol. The van der Waals surface area contributed by atoms with Crippen LogP contribution in [0.4, 0.5) is 0 Å². The lowest BCUT2D eigenvalue weighted by Gasteiger charge is -2.54. The van der Waals surface area contributed by atoms with E-state index in [4.69, 9.17) is 0 Å². The van der Waals surface area contributed by atoms with Gasteiger partial charge in [-0.3, -0.25) is 0 Å². The first-order valence-electron chi connectivity index (χ1n) is 9.27. The van der Waals surface area contributed by atoms with E-state index >= 15 is 0 Å². The summed E-state index contributed by atoms with van der Waals surface area (Å²) in [5, 5.41) is 12.0. The lowest BCUT2D eigenvalue weighted by atomic mass is 9.50. The van der Waals surface area contributed by atoms with Crippen LogP contribution >= 0.6 is 0 Å². The van der Waals surface area contributed by atoms with Crippen LogP contribution < -0.4 is 0 Å². The smallest absolute Gasteiger partial charge is 0.141 e. The molecule has 0 saturated heterocycles. The molecule has 3 aromatic carbocycles. The molecule has 3 aliphatic rings. The average Bonchev–Trinajstić information content (AvgIpc) is 2.68. The van der Waals surface area contributed by atoms with Crippen molar-refractivity contribution in [2.75, 3.05) is 0 Å². The van der Waals surface area contributed by atoms with Gasteiger partial charge in [-0.25, -0.2) is 0 Å². The molecular formula is C24H22O. The topological polar surface area (TPSA) is 20.2 Å². The van der Waals surface area contributed by atoms with Crippen LogP contribution in [0.15, 0.2) is 72.8 Å². The number of aliphatic hydroxyl groups is 1. The van der Waals surface area contributed by atoms with Gasteiger partial charge >= 0.3 is 0 Å². The Morgan fingerprint density at radius 2 is 1.00 bits per heavy atom. The third-order valence-corrected chi connectivity index (χ3v) is 6.24. The quantitative estimate of drug-likeness (QED) is 0.708. The zero-order valence-electron chi connectivity index (χ0n) is 14.5.